The number of pyridine rings is 1. The molecule has 0 saturated carbocycles. The quantitative estimate of drug-likeness (QED) is 0.831. The lowest BCUT2D eigenvalue weighted by atomic mass is 10.1. The van der Waals surface area contributed by atoms with Crippen molar-refractivity contribution in [3.05, 3.63) is 40.2 Å². The highest BCUT2D eigenvalue weighted by Crippen LogP contribution is 2.25. The van der Waals surface area contributed by atoms with Gasteiger partial charge in [-0.3, -0.25) is 9.59 Å². The Morgan fingerprint density at radius 2 is 2.20 bits per heavy atom. The van der Waals surface area contributed by atoms with Gasteiger partial charge in [-0.05, 0) is 19.1 Å². The SMILES string of the molecule is CCOC(=O)c1cn2c3c(cccc3c1=O)NC(=O)C2. The van der Waals surface area contributed by atoms with Crippen LogP contribution in [-0.4, -0.2) is 23.1 Å². The number of nitrogens with one attached hydrogen (secondary N) is 1. The molecule has 3 rings (SSSR count). The van der Waals surface area contributed by atoms with Gasteiger partial charge in [-0.2, -0.15) is 0 Å². The van der Waals surface area contributed by atoms with Crippen LogP contribution in [0.3, 0.4) is 0 Å². The van der Waals surface area contributed by atoms with Gasteiger partial charge in [0.15, 0.2) is 0 Å². The average molecular weight is 272 g/mol. The highest BCUT2D eigenvalue weighted by atomic mass is 16.5. The van der Waals surface area contributed by atoms with Crippen LogP contribution in [-0.2, 0) is 16.1 Å². The van der Waals surface area contributed by atoms with Crippen molar-refractivity contribution in [1.29, 1.82) is 0 Å². The zero-order chi connectivity index (χ0) is 14.3. The number of benzene rings is 1. The van der Waals surface area contributed by atoms with Crippen LogP contribution in [0.5, 0.6) is 0 Å². The molecule has 0 aliphatic carbocycles. The third kappa shape index (κ3) is 1.77. The molecule has 0 bridgehead atoms. The lowest BCUT2D eigenvalue weighted by Gasteiger charge is -2.20. The summed E-state index contributed by atoms with van der Waals surface area (Å²) in [6, 6.07) is 5.03. The Kier molecular flexibility index (Phi) is 2.78. The number of ether oxygens (including phenoxy) is 1. The lowest BCUT2D eigenvalue weighted by molar-refractivity contribution is -0.116. The van der Waals surface area contributed by atoms with E-state index in [4.69, 9.17) is 4.74 Å². The zero-order valence-corrected chi connectivity index (χ0v) is 10.8. The van der Waals surface area contributed by atoms with Crippen molar-refractivity contribution in [3.8, 4) is 0 Å². The fourth-order valence-corrected chi connectivity index (χ4v) is 2.38. The van der Waals surface area contributed by atoms with E-state index in [1.165, 1.54) is 6.20 Å². The standard InChI is InChI=1S/C14H12N2O4/c1-2-20-14(19)9-6-16-7-11(17)15-10-5-3-4-8(12(10)16)13(9)18/h3-6H,2,7H2,1H3,(H,15,17). The van der Waals surface area contributed by atoms with Crippen molar-refractivity contribution in [1.82, 2.24) is 4.57 Å². The number of carbonyl (C=O) groups excluding carboxylic acids is 2. The molecule has 1 N–H and O–H groups in total. The first-order chi connectivity index (χ1) is 9.61. The van der Waals surface area contributed by atoms with Crippen LogP contribution in [0.15, 0.2) is 29.2 Å². The maximum atomic E-state index is 12.3. The Balaban J connectivity index is 2.33. The highest BCUT2D eigenvalue weighted by Gasteiger charge is 2.22. The number of amides is 1. The molecule has 0 atom stereocenters. The Morgan fingerprint density at radius 1 is 1.40 bits per heavy atom. The molecular formula is C14H12N2O4. The van der Waals surface area contributed by atoms with Crippen molar-refractivity contribution < 1.29 is 14.3 Å². The minimum Gasteiger partial charge on any atom is -0.462 e. The number of anilines is 1. The second-order valence-electron chi connectivity index (χ2n) is 4.47. The summed E-state index contributed by atoms with van der Waals surface area (Å²) in [5.41, 5.74) is 0.773. The van der Waals surface area contributed by atoms with Crippen molar-refractivity contribution in [2.24, 2.45) is 0 Å². The average Bonchev–Trinajstić information content (AvgIpc) is 2.42. The van der Waals surface area contributed by atoms with Gasteiger partial charge in [0.2, 0.25) is 11.3 Å². The molecule has 2 aromatic rings. The van der Waals surface area contributed by atoms with Crippen LogP contribution in [0.1, 0.15) is 17.3 Å². The maximum Gasteiger partial charge on any atom is 0.343 e. The molecule has 0 unspecified atom stereocenters. The molecule has 1 aliphatic rings. The van der Waals surface area contributed by atoms with Crippen LogP contribution in [0.2, 0.25) is 0 Å². The number of para-hydroxylation sites is 1. The third-order valence-electron chi connectivity index (χ3n) is 3.18. The topological polar surface area (TPSA) is 77.4 Å². The van der Waals surface area contributed by atoms with Gasteiger partial charge in [0.25, 0.3) is 0 Å². The van der Waals surface area contributed by atoms with E-state index in [1.807, 2.05) is 0 Å². The molecule has 1 aliphatic heterocycles. The number of rotatable bonds is 2. The molecule has 1 aromatic heterocycles. The van der Waals surface area contributed by atoms with E-state index < -0.39 is 5.97 Å². The summed E-state index contributed by atoms with van der Waals surface area (Å²) in [7, 11) is 0. The molecular weight excluding hydrogens is 260 g/mol. The van der Waals surface area contributed by atoms with E-state index in [9.17, 15) is 14.4 Å². The van der Waals surface area contributed by atoms with Crippen LogP contribution in [0, 0.1) is 0 Å². The second-order valence-corrected chi connectivity index (χ2v) is 4.47. The summed E-state index contributed by atoms with van der Waals surface area (Å²) < 4.78 is 6.49. The Labute approximate surface area is 114 Å². The van der Waals surface area contributed by atoms with Gasteiger partial charge in [0.05, 0.1) is 17.8 Å². The van der Waals surface area contributed by atoms with Gasteiger partial charge < -0.3 is 14.6 Å². The number of carbonyl (C=O) groups is 2. The maximum absolute atomic E-state index is 12.3. The van der Waals surface area contributed by atoms with Crippen molar-refractivity contribution in [3.63, 3.8) is 0 Å². The number of aromatic nitrogens is 1. The van der Waals surface area contributed by atoms with E-state index >= 15 is 0 Å². The van der Waals surface area contributed by atoms with Crippen molar-refractivity contribution in [2.45, 2.75) is 13.5 Å². The fraction of sp³-hybridized carbons (Fsp3) is 0.214. The molecule has 2 heterocycles. The van der Waals surface area contributed by atoms with Gasteiger partial charge in [0, 0.05) is 11.6 Å². The molecule has 6 nitrogen and oxygen atoms in total. The normalized spacial score (nSPS) is 13.2. The minimum atomic E-state index is -0.667. The van der Waals surface area contributed by atoms with Gasteiger partial charge in [-0.15, -0.1) is 0 Å². The number of nitrogens with zero attached hydrogens (tertiary/aromatic N) is 1. The van der Waals surface area contributed by atoms with E-state index in [0.29, 0.717) is 16.6 Å². The molecule has 6 heteroatoms. The first-order valence-corrected chi connectivity index (χ1v) is 6.25. The van der Waals surface area contributed by atoms with Crippen LogP contribution < -0.4 is 10.7 Å². The van der Waals surface area contributed by atoms with Crippen LogP contribution in [0.4, 0.5) is 5.69 Å². The first kappa shape index (κ1) is 12.4. The second kappa shape index (κ2) is 4.48. The fourth-order valence-electron chi connectivity index (χ4n) is 2.38. The lowest BCUT2D eigenvalue weighted by Crippen LogP contribution is -2.28. The highest BCUT2D eigenvalue weighted by molar-refractivity contribution is 6.05. The minimum absolute atomic E-state index is 0.0498. The molecule has 20 heavy (non-hydrogen) atoms. The molecule has 0 fully saturated rings. The third-order valence-corrected chi connectivity index (χ3v) is 3.18. The summed E-state index contributed by atoms with van der Waals surface area (Å²) >= 11 is 0. The summed E-state index contributed by atoms with van der Waals surface area (Å²) in [4.78, 5) is 35.8. The van der Waals surface area contributed by atoms with Gasteiger partial charge >= 0.3 is 5.97 Å². The Hall–Kier alpha value is -2.63. The van der Waals surface area contributed by atoms with E-state index in [2.05, 4.69) is 5.32 Å². The van der Waals surface area contributed by atoms with Crippen molar-refractivity contribution in [2.75, 3.05) is 11.9 Å². The summed E-state index contributed by atoms with van der Waals surface area (Å²) in [5, 5.41) is 3.11. The summed E-state index contributed by atoms with van der Waals surface area (Å²) in [6.07, 6.45) is 1.39. The van der Waals surface area contributed by atoms with Gasteiger partial charge in [-0.25, -0.2) is 4.79 Å². The Morgan fingerprint density at radius 3 is 2.95 bits per heavy atom. The molecule has 1 amide bonds. The smallest absolute Gasteiger partial charge is 0.343 e. The number of hydrogen-bond donors (Lipinski definition) is 1. The predicted molar refractivity (Wildman–Crippen MR) is 72.8 cm³/mol. The largest absolute Gasteiger partial charge is 0.462 e. The molecule has 0 saturated heterocycles. The molecule has 0 spiro atoms. The van der Waals surface area contributed by atoms with E-state index in [-0.39, 0.29) is 30.1 Å². The monoisotopic (exact) mass is 272 g/mol. The predicted octanol–water partition coefficient (Wildman–Crippen LogP) is 1.13. The number of esters is 1. The molecule has 102 valence electrons. The van der Waals surface area contributed by atoms with Gasteiger partial charge in [-0.1, -0.05) is 6.07 Å². The Bertz CT molecular complexity index is 792. The molecule has 0 radical (unpaired) electrons. The summed E-state index contributed by atoms with van der Waals surface area (Å²) in [5.74, 6) is -0.858. The first-order valence-electron chi connectivity index (χ1n) is 6.25. The van der Waals surface area contributed by atoms with Crippen molar-refractivity contribution >= 4 is 28.5 Å². The van der Waals surface area contributed by atoms with Gasteiger partial charge in [0.1, 0.15) is 12.1 Å². The number of hydrogen-bond acceptors (Lipinski definition) is 4. The zero-order valence-electron chi connectivity index (χ0n) is 10.8. The van der Waals surface area contributed by atoms with E-state index in [0.717, 1.165) is 0 Å². The summed E-state index contributed by atoms with van der Waals surface area (Å²) in [6.45, 7) is 1.93. The van der Waals surface area contributed by atoms with E-state index in [1.54, 1.807) is 29.7 Å². The molecule has 1 aromatic carbocycles. The van der Waals surface area contributed by atoms with Crippen LogP contribution >= 0.6 is 0 Å². The van der Waals surface area contributed by atoms with Crippen LogP contribution in [0.25, 0.3) is 10.9 Å².